The molecule has 0 saturated carbocycles. The molecule has 0 aliphatic heterocycles. The zero-order chi connectivity index (χ0) is 13.8. The second-order valence-electron chi connectivity index (χ2n) is 4.17. The molecule has 0 unspecified atom stereocenters. The smallest absolute Gasteiger partial charge is 0.102 e. The van der Waals surface area contributed by atoms with Gasteiger partial charge in [-0.05, 0) is 18.2 Å². The van der Waals surface area contributed by atoms with Gasteiger partial charge in [0, 0.05) is 6.20 Å². The molecule has 20 heavy (non-hydrogen) atoms. The zero-order valence-corrected chi connectivity index (χ0v) is 11.3. The van der Waals surface area contributed by atoms with Crippen molar-refractivity contribution >= 4 is 17.3 Å². The second kappa shape index (κ2) is 5.71. The van der Waals surface area contributed by atoms with Crippen molar-refractivity contribution in [3.63, 3.8) is 0 Å². The number of benzene rings is 1. The molecule has 2 heterocycles. The maximum Gasteiger partial charge on any atom is 0.102 e. The molecule has 0 bridgehead atoms. The Hall–Kier alpha value is -2.40. The van der Waals surface area contributed by atoms with Crippen LogP contribution in [-0.4, -0.2) is 20.0 Å². The Balaban J connectivity index is 1.71. The van der Waals surface area contributed by atoms with E-state index in [2.05, 4.69) is 20.5 Å². The van der Waals surface area contributed by atoms with Crippen LogP contribution in [0.4, 0.5) is 5.69 Å². The number of rotatable bonds is 4. The summed E-state index contributed by atoms with van der Waals surface area (Å²) >= 11 is 6.05. The van der Waals surface area contributed by atoms with Gasteiger partial charge in [-0.1, -0.05) is 29.8 Å². The van der Waals surface area contributed by atoms with Gasteiger partial charge >= 0.3 is 0 Å². The van der Waals surface area contributed by atoms with Crippen molar-refractivity contribution in [2.75, 3.05) is 5.32 Å². The van der Waals surface area contributed by atoms with Crippen LogP contribution in [0.2, 0.25) is 5.02 Å². The first-order chi connectivity index (χ1) is 9.83. The van der Waals surface area contributed by atoms with Crippen LogP contribution in [0.25, 0.3) is 5.69 Å². The van der Waals surface area contributed by atoms with E-state index in [1.807, 2.05) is 30.3 Å². The molecule has 6 heteroatoms. The standard InChI is InChI=1S/C14H12ClN5/c15-13-6-7-16-10-14(13)17-8-11-9-18-20(19-11)12-4-2-1-3-5-12/h1-7,9-10,17H,8H2. The molecule has 2 aromatic heterocycles. The topological polar surface area (TPSA) is 55.6 Å². The lowest BCUT2D eigenvalue weighted by molar-refractivity contribution is 0.740. The number of pyridine rings is 1. The quantitative estimate of drug-likeness (QED) is 0.801. The van der Waals surface area contributed by atoms with E-state index in [9.17, 15) is 0 Å². The van der Waals surface area contributed by atoms with Crippen LogP contribution in [0.15, 0.2) is 55.0 Å². The number of hydrogen-bond donors (Lipinski definition) is 1. The van der Waals surface area contributed by atoms with Crippen molar-refractivity contribution in [3.8, 4) is 5.69 Å². The highest BCUT2D eigenvalue weighted by atomic mass is 35.5. The Kier molecular flexibility index (Phi) is 3.60. The fourth-order valence-corrected chi connectivity index (χ4v) is 1.93. The molecule has 0 spiro atoms. The first-order valence-electron chi connectivity index (χ1n) is 6.13. The minimum absolute atomic E-state index is 0.540. The van der Waals surface area contributed by atoms with Crippen molar-refractivity contribution < 1.29 is 0 Å². The van der Waals surface area contributed by atoms with Crippen LogP contribution >= 0.6 is 11.6 Å². The Morgan fingerprint density at radius 1 is 1.10 bits per heavy atom. The van der Waals surface area contributed by atoms with E-state index in [-0.39, 0.29) is 0 Å². The lowest BCUT2D eigenvalue weighted by Gasteiger charge is -2.04. The number of hydrogen-bond acceptors (Lipinski definition) is 4. The van der Waals surface area contributed by atoms with Crippen LogP contribution in [0, 0.1) is 0 Å². The average Bonchev–Trinajstić information content (AvgIpc) is 2.96. The van der Waals surface area contributed by atoms with Gasteiger partial charge in [0.2, 0.25) is 0 Å². The highest BCUT2D eigenvalue weighted by Gasteiger charge is 2.04. The van der Waals surface area contributed by atoms with Crippen molar-refractivity contribution in [1.82, 2.24) is 20.0 Å². The molecule has 100 valence electrons. The summed E-state index contributed by atoms with van der Waals surface area (Å²) in [5.74, 6) is 0. The molecule has 0 aliphatic rings. The molecule has 0 radical (unpaired) electrons. The predicted molar refractivity (Wildman–Crippen MR) is 77.9 cm³/mol. The first kappa shape index (κ1) is 12.6. The summed E-state index contributed by atoms with van der Waals surface area (Å²) in [6, 6.07) is 11.5. The molecule has 0 fully saturated rings. The van der Waals surface area contributed by atoms with Crippen LogP contribution in [0.1, 0.15) is 5.69 Å². The summed E-state index contributed by atoms with van der Waals surface area (Å²) in [5.41, 5.74) is 2.54. The third-order valence-electron chi connectivity index (χ3n) is 2.75. The number of anilines is 1. The van der Waals surface area contributed by atoms with Gasteiger partial charge in [0.25, 0.3) is 0 Å². The van der Waals surface area contributed by atoms with Gasteiger partial charge in [0.05, 0.1) is 35.3 Å². The number of halogens is 1. The van der Waals surface area contributed by atoms with Crippen molar-refractivity contribution in [2.24, 2.45) is 0 Å². The van der Waals surface area contributed by atoms with E-state index in [1.54, 1.807) is 29.5 Å². The second-order valence-corrected chi connectivity index (χ2v) is 4.58. The van der Waals surface area contributed by atoms with Gasteiger partial charge in [-0.3, -0.25) is 4.98 Å². The summed E-state index contributed by atoms with van der Waals surface area (Å²) in [6.07, 6.45) is 5.06. The lowest BCUT2D eigenvalue weighted by Crippen LogP contribution is -2.03. The maximum atomic E-state index is 6.05. The third-order valence-corrected chi connectivity index (χ3v) is 3.08. The fourth-order valence-electron chi connectivity index (χ4n) is 1.75. The Bertz CT molecular complexity index is 696. The maximum absolute atomic E-state index is 6.05. The van der Waals surface area contributed by atoms with Crippen molar-refractivity contribution in [1.29, 1.82) is 0 Å². The van der Waals surface area contributed by atoms with E-state index in [0.717, 1.165) is 17.1 Å². The normalized spacial score (nSPS) is 10.4. The molecule has 3 aromatic rings. The Morgan fingerprint density at radius 3 is 2.75 bits per heavy atom. The van der Waals surface area contributed by atoms with Gasteiger partial charge < -0.3 is 5.32 Å². The van der Waals surface area contributed by atoms with Crippen LogP contribution < -0.4 is 5.32 Å². The molecule has 0 amide bonds. The summed E-state index contributed by atoms with van der Waals surface area (Å²) in [5, 5.41) is 12.5. The summed E-state index contributed by atoms with van der Waals surface area (Å²) < 4.78 is 0. The van der Waals surface area contributed by atoms with Crippen molar-refractivity contribution in [2.45, 2.75) is 6.54 Å². The number of para-hydroxylation sites is 1. The van der Waals surface area contributed by atoms with Gasteiger partial charge in [-0.2, -0.15) is 15.0 Å². The summed E-state index contributed by atoms with van der Waals surface area (Å²) in [7, 11) is 0. The Labute approximate surface area is 121 Å². The molecule has 0 saturated heterocycles. The van der Waals surface area contributed by atoms with Gasteiger partial charge in [-0.15, -0.1) is 0 Å². The van der Waals surface area contributed by atoms with E-state index in [1.165, 1.54) is 0 Å². The SMILES string of the molecule is Clc1ccncc1NCc1cnn(-c2ccccc2)n1. The average molecular weight is 286 g/mol. The molecule has 5 nitrogen and oxygen atoms in total. The molecular formula is C14H12ClN5. The predicted octanol–water partition coefficient (Wildman–Crippen LogP) is 2.93. The van der Waals surface area contributed by atoms with Crippen LogP contribution in [0.5, 0.6) is 0 Å². The van der Waals surface area contributed by atoms with E-state index in [4.69, 9.17) is 11.6 Å². The highest BCUT2D eigenvalue weighted by molar-refractivity contribution is 6.33. The monoisotopic (exact) mass is 285 g/mol. The molecule has 1 aromatic carbocycles. The molecule has 0 aliphatic carbocycles. The number of nitrogens with one attached hydrogen (secondary N) is 1. The molecule has 0 atom stereocenters. The third kappa shape index (κ3) is 2.78. The Morgan fingerprint density at radius 2 is 1.95 bits per heavy atom. The summed E-state index contributed by atoms with van der Waals surface area (Å²) in [4.78, 5) is 5.62. The van der Waals surface area contributed by atoms with Gasteiger partial charge in [-0.25, -0.2) is 0 Å². The van der Waals surface area contributed by atoms with E-state index < -0.39 is 0 Å². The molecule has 3 rings (SSSR count). The highest BCUT2D eigenvalue weighted by Crippen LogP contribution is 2.19. The number of aromatic nitrogens is 4. The van der Waals surface area contributed by atoms with Crippen LogP contribution in [-0.2, 0) is 6.54 Å². The van der Waals surface area contributed by atoms with Crippen molar-refractivity contribution in [3.05, 3.63) is 65.7 Å². The lowest BCUT2D eigenvalue weighted by atomic mass is 10.3. The minimum atomic E-state index is 0.540. The minimum Gasteiger partial charge on any atom is -0.377 e. The molecular weight excluding hydrogens is 274 g/mol. The van der Waals surface area contributed by atoms with E-state index in [0.29, 0.717) is 11.6 Å². The van der Waals surface area contributed by atoms with Gasteiger partial charge in [0.1, 0.15) is 5.69 Å². The van der Waals surface area contributed by atoms with Crippen LogP contribution in [0.3, 0.4) is 0 Å². The zero-order valence-electron chi connectivity index (χ0n) is 10.6. The molecule has 1 N–H and O–H groups in total. The van der Waals surface area contributed by atoms with Gasteiger partial charge in [0.15, 0.2) is 0 Å². The first-order valence-corrected chi connectivity index (χ1v) is 6.51. The number of nitrogens with zero attached hydrogens (tertiary/aromatic N) is 4. The van der Waals surface area contributed by atoms with E-state index >= 15 is 0 Å². The fraction of sp³-hybridized carbons (Fsp3) is 0.0714. The summed E-state index contributed by atoms with van der Waals surface area (Å²) in [6.45, 7) is 0.540. The largest absolute Gasteiger partial charge is 0.377 e.